The lowest BCUT2D eigenvalue weighted by Crippen LogP contribution is -2.49. The Labute approximate surface area is 157 Å². The molecular weight excluding hydrogens is 328 g/mol. The van der Waals surface area contributed by atoms with Gasteiger partial charge in [-0.25, -0.2) is 4.98 Å². The van der Waals surface area contributed by atoms with Crippen LogP contribution in [0.4, 0.5) is 5.82 Å². The van der Waals surface area contributed by atoms with E-state index in [0.717, 1.165) is 58.1 Å². The molecular formula is C20H32N4O2. The van der Waals surface area contributed by atoms with E-state index < -0.39 is 0 Å². The van der Waals surface area contributed by atoms with Gasteiger partial charge in [0.25, 0.3) is 0 Å². The molecule has 2 aliphatic heterocycles. The predicted octanol–water partition coefficient (Wildman–Crippen LogP) is 1.87. The number of hydrogen-bond acceptors (Lipinski definition) is 5. The molecule has 3 heterocycles. The average Bonchev–Trinajstić information content (AvgIpc) is 2.71. The number of hydrogen-bond donors (Lipinski definition) is 0. The van der Waals surface area contributed by atoms with Crippen LogP contribution in [-0.4, -0.2) is 80.2 Å². The monoisotopic (exact) mass is 360 g/mol. The highest BCUT2D eigenvalue weighted by Crippen LogP contribution is 2.22. The van der Waals surface area contributed by atoms with E-state index in [9.17, 15) is 4.79 Å². The third kappa shape index (κ3) is 5.42. The smallest absolute Gasteiger partial charge is 0.222 e. The summed E-state index contributed by atoms with van der Waals surface area (Å²) in [4.78, 5) is 23.8. The summed E-state index contributed by atoms with van der Waals surface area (Å²) in [5.74, 6) is 1.98. The van der Waals surface area contributed by atoms with Crippen molar-refractivity contribution in [3.8, 4) is 0 Å². The molecule has 1 aromatic rings. The van der Waals surface area contributed by atoms with Crippen molar-refractivity contribution >= 4 is 11.7 Å². The first-order chi connectivity index (χ1) is 12.8. The van der Waals surface area contributed by atoms with Crippen molar-refractivity contribution in [2.24, 2.45) is 5.92 Å². The van der Waals surface area contributed by atoms with Gasteiger partial charge in [-0.05, 0) is 43.9 Å². The topological polar surface area (TPSA) is 48.9 Å². The van der Waals surface area contributed by atoms with Crippen LogP contribution in [0, 0.1) is 5.92 Å². The van der Waals surface area contributed by atoms with Crippen LogP contribution in [-0.2, 0) is 9.53 Å². The molecule has 1 amide bonds. The van der Waals surface area contributed by atoms with Crippen molar-refractivity contribution in [1.82, 2.24) is 14.8 Å². The molecule has 0 aliphatic carbocycles. The van der Waals surface area contributed by atoms with Crippen LogP contribution in [0.25, 0.3) is 0 Å². The average molecular weight is 361 g/mol. The van der Waals surface area contributed by atoms with Gasteiger partial charge in [-0.15, -0.1) is 0 Å². The summed E-state index contributed by atoms with van der Waals surface area (Å²) < 4.78 is 5.19. The van der Waals surface area contributed by atoms with E-state index in [0.29, 0.717) is 18.2 Å². The fraction of sp³-hybridized carbons (Fsp3) is 0.700. The maximum absolute atomic E-state index is 12.6. The van der Waals surface area contributed by atoms with E-state index >= 15 is 0 Å². The molecule has 2 aliphatic rings. The molecule has 0 spiro atoms. The normalized spacial score (nSPS) is 21.8. The van der Waals surface area contributed by atoms with Crippen LogP contribution in [0.15, 0.2) is 24.4 Å². The van der Waals surface area contributed by atoms with E-state index in [1.54, 1.807) is 7.11 Å². The Kier molecular flexibility index (Phi) is 7.26. The molecule has 3 rings (SSSR count). The molecule has 1 atom stereocenters. The number of rotatable bonds is 7. The van der Waals surface area contributed by atoms with Gasteiger partial charge in [0.1, 0.15) is 5.82 Å². The Morgan fingerprint density at radius 3 is 2.81 bits per heavy atom. The number of piperazine rings is 1. The largest absolute Gasteiger partial charge is 0.383 e. The fourth-order valence-electron chi connectivity index (χ4n) is 4.02. The Morgan fingerprint density at radius 1 is 1.23 bits per heavy atom. The quantitative estimate of drug-likeness (QED) is 0.743. The molecule has 144 valence electrons. The Bertz CT molecular complexity index is 546. The number of likely N-dealkylation sites (tertiary alicyclic amines) is 1. The zero-order chi connectivity index (χ0) is 18.2. The number of nitrogens with zero attached hydrogens (tertiary/aromatic N) is 4. The summed E-state index contributed by atoms with van der Waals surface area (Å²) in [5, 5.41) is 0. The first kappa shape index (κ1) is 19.1. The van der Waals surface area contributed by atoms with Crippen LogP contribution >= 0.6 is 0 Å². The number of piperidine rings is 1. The fourth-order valence-corrected chi connectivity index (χ4v) is 4.02. The minimum Gasteiger partial charge on any atom is -0.383 e. The number of amides is 1. The van der Waals surface area contributed by atoms with Gasteiger partial charge in [0, 0.05) is 59.0 Å². The van der Waals surface area contributed by atoms with Crippen LogP contribution < -0.4 is 4.90 Å². The van der Waals surface area contributed by atoms with E-state index in [2.05, 4.69) is 14.8 Å². The van der Waals surface area contributed by atoms with Crippen molar-refractivity contribution < 1.29 is 9.53 Å². The second kappa shape index (κ2) is 9.88. The lowest BCUT2D eigenvalue weighted by atomic mass is 9.93. The van der Waals surface area contributed by atoms with Crippen LogP contribution in [0.2, 0.25) is 0 Å². The van der Waals surface area contributed by atoms with Gasteiger partial charge in [-0.1, -0.05) is 6.07 Å². The van der Waals surface area contributed by atoms with Gasteiger partial charge in [-0.3, -0.25) is 4.79 Å². The summed E-state index contributed by atoms with van der Waals surface area (Å²) in [7, 11) is 1.76. The summed E-state index contributed by atoms with van der Waals surface area (Å²) in [6.45, 7) is 7.45. The summed E-state index contributed by atoms with van der Waals surface area (Å²) in [6, 6.07) is 5.99. The molecule has 1 aromatic heterocycles. The number of carbonyl (C=O) groups excluding carboxylic acids is 1. The van der Waals surface area contributed by atoms with E-state index in [-0.39, 0.29) is 0 Å². The second-order valence-electron chi connectivity index (χ2n) is 7.40. The van der Waals surface area contributed by atoms with Gasteiger partial charge in [-0.2, -0.15) is 0 Å². The Morgan fingerprint density at radius 2 is 2.08 bits per heavy atom. The first-order valence-corrected chi connectivity index (χ1v) is 9.91. The standard InChI is InChI=1S/C20H32N4O2/c1-26-16-15-22-10-4-5-18(17-22)7-8-20(25)24-13-11-23(12-14-24)19-6-2-3-9-21-19/h2-3,6,9,18H,4-5,7-8,10-17H2,1H3/t18-/m0/s1. The molecule has 2 fully saturated rings. The number of aromatic nitrogens is 1. The van der Waals surface area contributed by atoms with Crippen LogP contribution in [0.5, 0.6) is 0 Å². The zero-order valence-electron chi connectivity index (χ0n) is 16.0. The van der Waals surface area contributed by atoms with Gasteiger partial charge in [0.05, 0.1) is 6.61 Å². The number of pyridine rings is 1. The van der Waals surface area contributed by atoms with Crippen molar-refractivity contribution in [3.63, 3.8) is 0 Å². The molecule has 26 heavy (non-hydrogen) atoms. The lowest BCUT2D eigenvalue weighted by Gasteiger charge is -2.36. The van der Waals surface area contributed by atoms with E-state index in [4.69, 9.17) is 4.74 Å². The van der Waals surface area contributed by atoms with E-state index in [1.165, 1.54) is 19.4 Å². The molecule has 0 saturated carbocycles. The Hall–Kier alpha value is -1.66. The molecule has 0 unspecified atom stereocenters. The van der Waals surface area contributed by atoms with Crippen LogP contribution in [0.3, 0.4) is 0 Å². The highest BCUT2D eigenvalue weighted by Gasteiger charge is 2.24. The molecule has 0 N–H and O–H groups in total. The minimum atomic E-state index is 0.319. The highest BCUT2D eigenvalue weighted by molar-refractivity contribution is 5.76. The van der Waals surface area contributed by atoms with Gasteiger partial charge < -0.3 is 19.4 Å². The lowest BCUT2D eigenvalue weighted by molar-refractivity contribution is -0.131. The first-order valence-electron chi connectivity index (χ1n) is 9.91. The molecule has 0 bridgehead atoms. The molecule has 6 heteroatoms. The van der Waals surface area contributed by atoms with Crippen molar-refractivity contribution in [3.05, 3.63) is 24.4 Å². The molecule has 2 saturated heterocycles. The van der Waals surface area contributed by atoms with Gasteiger partial charge in [0.15, 0.2) is 0 Å². The number of ether oxygens (including phenoxy) is 1. The van der Waals surface area contributed by atoms with Crippen molar-refractivity contribution in [2.75, 3.05) is 64.4 Å². The molecule has 6 nitrogen and oxygen atoms in total. The van der Waals surface area contributed by atoms with Gasteiger partial charge >= 0.3 is 0 Å². The van der Waals surface area contributed by atoms with Crippen molar-refractivity contribution in [1.29, 1.82) is 0 Å². The highest BCUT2D eigenvalue weighted by atomic mass is 16.5. The third-order valence-corrected chi connectivity index (χ3v) is 5.59. The van der Waals surface area contributed by atoms with E-state index in [1.807, 2.05) is 29.3 Å². The predicted molar refractivity (Wildman–Crippen MR) is 103 cm³/mol. The third-order valence-electron chi connectivity index (χ3n) is 5.59. The number of methoxy groups -OCH3 is 1. The molecule has 0 aromatic carbocycles. The maximum Gasteiger partial charge on any atom is 0.222 e. The summed E-state index contributed by atoms with van der Waals surface area (Å²) in [6.07, 6.45) is 6.03. The SMILES string of the molecule is COCCN1CCC[C@@H](CCC(=O)N2CCN(c3ccccn3)CC2)C1. The Balaban J connectivity index is 1.38. The van der Waals surface area contributed by atoms with Crippen LogP contribution in [0.1, 0.15) is 25.7 Å². The zero-order valence-corrected chi connectivity index (χ0v) is 16.0. The number of anilines is 1. The number of carbonyl (C=O) groups is 1. The summed E-state index contributed by atoms with van der Waals surface area (Å²) in [5.41, 5.74) is 0. The van der Waals surface area contributed by atoms with Crippen molar-refractivity contribution in [2.45, 2.75) is 25.7 Å². The molecule has 0 radical (unpaired) electrons. The summed E-state index contributed by atoms with van der Waals surface area (Å²) >= 11 is 0. The second-order valence-corrected chi connectivity index (χ2v) is 7.40. The maximum atomic E-state index is 12.6. The minimum absolute atomic E-state index is 0.319. The van der Waals surface area contributed by atoms with Gasteiger partial charge in [0.2, 0.25) is 5.91 Å².